The summed E-state index contributed by atoms with van der Waals surface area (Å²) < 4.78 is 78.8. The molecule has 3 rings (SSSR count). The summed E-state index contributed by atoms with van der Waals surface area (Å²) in [6.45, 7) is 9.63. The molecule has 0 aliphatic carbocycles. The van der Waals surface area contributed by atoms with Crippen molar-refractivity contribution in [1.82, 2.24) is 0 Å². The molecule has 1 nitrogen and oxygen atoms in total. The Hall–Kier alpha value is -2.45. The molecule has 1 aliphatic heterocycles. The Bertz CT molecular complexity index is 1190. The van der Waals surface area contributed by atoms with E-state index >= 15 is 0 Å². The number of alkyl halides is 6. The zero-order valence-corrected chi connectivity index (χ0v) is 19.3. The molecule has 0 bridgehead atoms. The summed E-state index contributed by atoms with van der Waals surface area (Å²) in [7, 11) is -0.307. The van der Waals surface area contributed by atoms with E-state index < -0.39 is 32.6 Å². The van der Waals surface area contributed by atoms with Gasteiger partial charge in [-0.15, -0.1) is 10.5 Å². The van der Waals surface area contributed by atoms with Crippen LogP contribution < -0.4 is 4.90 Å². The topological polar surface area (TPSA) is 3.24 Å². The molecule has 1 aliphatic rings. The lowest BCUT2D eigenvalue weighted by molar-refractivity contribution is -0.0846. The normalized spacial score (nSPS) is 16.2. The van der Waals surface area contributed by atoms with E-state index in [-0.39, 0.29) is 11.8 Å². The predicted molar refractivity (Wildman–Crippen MR) is 127 cm³/mol. The van der Waals surface area contributed by atoms with Gasteiger partial charge in [-0.1, -0.05) is 55.1 Å². The van der Waals surface area contributed by atoms with Crippen LogP contribution in [0.5, 0.6) is 0 Å². The molecular weight excluding hydrogens is 484 g/mol. The van der Waals surface area contributed by atoms with Crippen LogP contribution in [-0.4, -0.2) is 24.3 Å². The van der Waals surface area contributed by atoms with Crippen LogP contribution in [0.4, 0.5) is 32.0 Å². The van der Waals surface area contributed by atoms with Crippen molar-refractivity contribution in [2.45, 2.75) is 25.0 Å². The average Bonchev–Trinajstić information content (AvgIpc) is 2.67. The van der Waals surface area contributed by atoms with Crippen LogP contribution in [0.15, 0.2) is 60.5 Å². The van der Waals surface area contributed by atoms with Gasteiger partial charge in [-0.05, 0) is 41.8 Å². The van der Waals surface area contributed by atoms with Crippen LogP contribution in [0.3, 0.4) is 0 Å². The predicted octanol–water partition coefficient (Wildman–Crippen LogP) is 8.36. The van der Waals surface area contributed by atoms with Crippen LogP contribution in [0, 0.1) is 6.92 Å². The molecule has 1 heterocycles. The van der Waals surface area contributed by atoms with Gasteiger partial charge in [-0.2, -0.15) is 26.3 Å². The van der Waals surface area contributed by atoms with Crippen molar-refractivity contribution in [3.63, 3.8) is 0 Å². The Morgan fingerprint density at radius 1 is 1.09 bits per heavy atom. The van der Waals surface area contributed by atoms with Crippen LogP contribution in [0.2, 0.25) is 5.02 Å². The fourth-order valence-corrected chi connectivity index (χ4v) is 5.84. The SMILES string of the molecule is C=Cc1cccc(Cl)c1C(=C)N(C)c1ccc(CS2=C(C(F)(F)F)C=C2C(F)(F)F)cc1C. The Morgan fingerprint density at radius 2 is 1.76 bits per heavy atom. The van der Waals surface area contributed by atoms with Gasteiger partial charge in [0.2, 0.25) is 0 Å². The Kier molecular flexibility index (Phi) is 6.92. The molecule has 1 atom stereocenters. The number of anilines is 1. The van der Waals surface area contributed by atoms with Gasteiger partial charge in [-0.3, -0.25) is 0 Å². The number of hydrogen-bond donors (Lipinski definition) is 0. The first kappa shape index (κ1) is 25.2. The maximum Gasteiger partial charge on any atom is 0.421 e. The van der Waals surface area contributed by atoms with E-state index in [4.69, 9.17) is 11.6 Å². The Balaban J connectivity index is 1.90. The van der Waals surface area contributed by atoms with Gasteiger partial charge < -0.3 is 4.90 Å². The molecule has 0 fully saturated rings. The zero-order chi connectivity index (χ0) is 24.7. The minimum atomic E-state index is -4.79. The molecule has 0 saturated heterocycles. The highest BCUT2D eigenvalue weighted by Crippen LogP contribution is 2.51. The molecule has 176 valence electrons. The van der Waals surface area contributed by atoms with E-state index in [1.165, 1.54) is 0 Å². The van der Waals surface area contributed by atoms with E-state index in [9.17, 15) is 26.3 Å². The maximum absolute atomic E-state index is 13.1. The van der Waals surface area contributed by atoms with E-state index in [0.29, 0.717) is 33.1 Å². The average molecular weight is 504 g/mol. The molecule has 9 heteroatoms. The summed E-state index contributed by atoms with van der Waals surface area (Å²) in [4.78, 5) is -0.483. The number of hydrogen-bond acceptors (Lipinski definition) is 1. The van der Waals surface area contributed by atoms with Gasteiger partial charge in [0, 0.05) is 29.7 Å². The summed E-state index contributed by atoms with van der Waals surface area (Å²) in [6, 6.07) is 10.1. The quantitative estimate of drug-likeness (QED) is 0.283. The first-order valence-corrected chi connectivity index (χ1v) is 11.4. The lowest BCUT2D eigenvalue weighted by Crippen LogP contribution is -2.30. The summed E-state index contributed by atoms with van der Waals surface area (Å²) in [5, 5.41) is 0.478. The van der Waals surface area contributed by atoms with Crippen molar-refractivity contribution in [1.29, 1.82) is 0 Å². The van der Waals surface area contributed by atoms with Gasteiger partial charge in [-0.25, -0.2) is 0 Å². The molecule has 33 heavy (non-hydrogen) atoms. The van der Waals surface area contributed by atoms with Gasteiger partial charge in [0.05, 0.1) is 14.8 Å². The minimum Gasteiger partial charge on any atom is -0.344 e. The highest BCUT2D eigenvalue weighted by molar-refractivity contribution is 8.20. The molecular formula is C24H20ClF6NS. The molecule has 2 aromatic carbocycles. The molecule has 2 aromatic rings. The first-order chi connectivity index (χ1) is 15.3. The van der Waals surface area contributed by atoms with Crippen molar-refractivity contribution >= 4 is 44.4 Å². The molecule has 0 spiro atoms. The van der Waals surface area contributed by atoms with Gasteiger partial charge in [0.15, 0.2) is 0 Å². The van der Waals surface area contributed by atoms with Gasteiger partial charge in [0.25, 0.3) is 0 Å². The number of halogens is 7. The smallest absolute Gasteiger partial charge is 0.344 e. The minimum absolute atomic E-state index is 0.211. The van der Waals surface area contributed by atoms with Gasteiger partial charge >= 0.3 is 12.4 Å². The second-order valence-corrected chi connectivity index (χ2v) is 9.80. The monoisotopic (exact) mass is 503 g/mol. The zero-order valence-electron chi connectivity index (χ0n) is 17.7. The fraction of sp³-hybridized carbons (Fsp3) is 0.208. The number of rotatable bonds is 6. The van der Waals surface area contributed by atoms with E-state index in [1.54, 1.807) is 55.3 Å². The second-order valence-electron chi connectivity index (χ2n) is 7.44. The summed E-state index contributed by atoms with van der Waals surface area (Å²) in [6.07, 6.45) is -7.72. The van der Waals surface area contributed by atoms with Crippen molar-refractivity contribution < 1.29 is 26.3 Å². The highest BCUT2D eigenvalue weighted by atomic mass is 35.5. The molecule has 1 unspecified atom stereocenters. The van der Waals surface area contributed by atoms with Crippen LogP contribution >= 0.6 is 22.1 Å². The molecule has 0 amide bonds. The van der Waals surface area contributed by atoms with E-state index in [2.05, 4.69) is 13.2 Å². The lowest BCUT2D eigenvalue weighted by Gasteiger charge is -2.29. The maximum atomic E-state index is 13.1. The third-order valence-electron chi connectivity index (χ3n) is 5.24. The molecule has 0 aromatic heterocycles. The van der Waals surface area contributed by atoms with Crippen molar-refractivity contribution in [2.24, 2.45) is 0 Å². The number of allylic oxidation sites excluding steroid dienone is 2. The van der Waals surface area contributed by atoms with Crippen molar-refractivity contribution in [3.8, 4) is 0 Å². The summed E-state index contributed by atoms with van der Waals surface area (Å²) in [5.41, 5.74) is 3.80. The number of aryl methyl sites for hydroxylation is 1. The first-order valence-electron chi connectivity index (χ1n) is 9.63. The van der Waals surface area contributed by atoms with Crippen molar-refractivity contribution in [3.05, 3.63) is 87.8 Å². The van der Waals surface area contributed by atoms with Crippen LogP contribution in [-0.2, 0) is 5.75 Å². The summed E-state index contributed by atoms with van der Waals surface area (Å²) >= 11 is 6.35. The lowest BCUT2D eigenvalue weighted by atomic mass is 10.0. The molecule has 0 radical (unpaired) electrons. The molecule has 0 saturated carbocycles. The fourth-order valence-electron chi connectivity index (χ4n) is 3.60. The largest absolute Gasteiger partial charge is 0.421 e. The number of nitrogens with zero attached hydrogens (tertiary/aromatic N) is 1. The van der Waals surface area contributed by atoms with Gasteiger partial charge in [0.1, 0.15) is 0 Å². The highest BCUT2D eigenvalue weighted by Gasteiger charge is 2.48. The Labute approximate surface area is 195 Å². The summed E-state index contributed by atoms with van der Waals surface area (Å²) in [5.74, 6) is -0.364. The number of benzene rings is 2. The van der Waals surface area contributed by atoms with Crippen LogP contribution in [0.25, 0.3) is 11.8 Å². The molecule has 0 N–H and O–H groups in total. The Morgan fingerprint density at radius 3 is 2.30 bits per heavy atom. The standard InChI is InChI=1S/C24H20ClF6NS/c1-5-17-7-6-8-18(25)22(17)15(3)32(4)19-10-9-16(11-14(19)2)13-33-20(23(26,27)28)12-21(33)24(29,30)31/h5-12H,1,3,13H2,2,4H3. The van der Waals surface area contributed by atoms with E-state index in [0.717, 1.165) is 5.56 Å². The van der Waals surface area contributed by atoms with Crippen molar-refractivity contribution in [2.75, 3.05) is 11.9 Å². The third kappa shape index (κ3) is 5.06. The second kappa shape index (κ2) is 9.06. The van der Waals surface area contributed by atoms with Crippen LogP contribution in [0.1, 0.15) is 22.3 Å². The van der Waals surface area contributed by atoms with E-state index in [1.807, 2.05) is 6.07 Å². The third-order valence-corrected chi connectivity index (χ3v) is 7.94.